The molecule has 0 saturated heterocycles. The van der Waals surface area contributed by atoms with Crippen molar-refractivity contribution in [3.8, 4) is 0 Å². The quantitative estimate of drug-likeness (QED) is 0.468. The summed E-state index contributed by atoms with van der Waals surface area (Å²) in [5.74, 6) is 0. The van der Waals surface area contributed by atoms with Gasteiger partial charge in [-0.05, 0) is 12.1 Å². The van der Waals surface area contributed by atoms with E-state index in [0.29, 0.717) is 5.69 Å². The number of carbonyl (C=O) groups excluding carboxylic acids is 1. The molecule has 1 aromatic heterocycles. The molecule has 0 bridgehead atoms. The molecule has 0 atom stereocenters. The highest BCUT2D eigenvalue weighted by Gasteiger charge is 2.29. The summed E-state index contributed by atoms with van der Waals surface area (Å²) in [6.07, 6.45) is 1.41. The van der Waals surface area contributed by atoms with Gasteiger partial charge in [-0.15, -0.1) is 0 Å². The summed E-state index contributed by atoms with van der Waals surface area (Å²) in [6.45, 7) is -1.78. The third-order valence-electron chi connectivity index (χ3n) is 2.27. The summed E-state index contributed by atoms with van der Waals surface area (Å²) in [5, 5.41) is 32.1. The van der Waals surface area contributed by atoms with Crippen LogP contribution in [0.3, 0.4) is 0 Å². The first kappa shape index (κ1) is 14.7. The standard InChI is InChI=1S/C10H14ClN3O4/c11-8-3-7(1-2-12-8)13-9(18)14-10(4-15,5-16)6-17/h1-3,15-17H,4-6H2,(H2,12,13,14,18). The second-order valence-corrected chi connectivity index (χ2v) is 4.09. The molecular formula is C10H14ClN3O4. The normalized spacial score (nSPS) is 11.1. The molecule has 1 rings (SSSR count). The van der Waals surface area contributed by atoms with Crippen LogP contribution in [0.5, 0.6) is 0 Å². The van der Waals surface area contributed by atoms with Gasteiger partial charge >= 0.3 is 6.03 Å². The van der Waals surface area contributed by atoms with Crippen molar-refractivity contribution < 1.29 is 20.1 Å². The van der Waals surface area contributed by atoms with Gasteiger partial charge in [-0.3, -0.25) is 0 Å². The fourth-order valence-electron chi connectivity index (χ4n) is 1.15. The number of aliphatic hydroxyl groups is 3. The Morgan fingerprint density at radius 3 is 2.44 bits per heavy atom. The maximum Gasteiger partial charge on any atom is 0.319 e. The van der Waals surface area contributed by atoms with Crippen molar-refractivity contribution in [3.63, 3.8) is 0 Å². The van der Waals surface area contributed by atoms with E-state index in [4.69, 9.17) is 26.9 Å². The van der Waals surface area contributed by atoms with Crippen molar-refractivity contribution in [3.05, 3.63) is 23.5 Å². The number of nitrogens with zero attached hydrogens (tertiary/aromatic N) is 1. The molecule has 1 heterocycles. The molecule has 0 aromatic carbocycles. The molecule has 0 aliphatic carbocycles. The fraction of sp³-hybridized carbons (Fsp3) is 0.400. The third kappa shape index (κ3) is 3.81. The lowest BCUT2D eigenvalue weighted by Gasteiger charge is -2.28. The molecule has 0 unspecified atom stereocenters. The maximum atomic E-state index is 11.6. The van der Waals surface area contributed by atoms with Crippen LogP contribution in [0.15, 0.2) is 18.3 Å². The maximum absolute atomic E-state index is 11.6. The fourth-order valence-corrected chi connectivity index (χ4v) is 1.33. The topological polar surface area (TPSA) is 115 Å². The SMILES string of the molecule is O=C(Nc1ccnc(Cl)c1)NC(CO)(CO)CO. The lowest BCUT2D eigenvalue weighted by Crippen LogP contribution is -2.58. The van der Waals surface area contributed by atoms with E-state index in [2.05, 4.69) is 15.6 Å². The Kier molecular flexibility index (Phi) is 5.29. The van der Waals surface area contributed by atoms with E-state index in [9.17, 15) is 4.79 Å². The molecule has 2 amide bonds. The largest absolute Gasteiger partial charge is 0.394 e. The van der Waals surface area contributed by atoms with Crippen LogP contribution in [0.1, 0.15) is 0 Å². The summed E-state index contributed by atoms with van der Waals surface area (Å²) in [4.78, 5) is 15.3. The second kappa shape index (κ2) is 6.50. The van der Waals surface area contributed by atoms with Gasteiger partial charge in [0.1, 0.15) is 10.7 Å². The van der Waals surface area contributed by atoms with Crippen LogP contribution in [0, 0.1) is 0 Å². The number of carbonyl (C=O) groups is 1. The minimum absolute atomic E-state index is 0.213. The zero-order valence-electron chi connectivity index (χ0n) is 9.43. The zero-order valence-corrected chi connectivity index (χ0v) is 10.2. The number of anilines is 1. The van der Waals surface area contributed by atoms with Gasteiger partial charge in [-0.2, -0.15) is 0 Å². The van der Waals surface area contributed by atoms with Gasteiger partial charge < -0.3 is 26.0 Å². The van der Waals surface area contributed by atoms with Crippen LogP contribution in [0.4, 0.5) is 10.5 Å². The number of nitrogens with one attached hydrogen (secondary N) is 2. The van der Waals surface area contributed by atoms with Crippen LogP contribution < -0.4 is 10.6 Å². The summed E-state index contributed by atoms with van der Waals surface area (Å²) < 4.78 is 0. The predicted molar refractivity (Wildman–Crippen MR) is 65.4 cm³/mol. The number of urea groups is 1. The Balaban J connectivity index is 2.66. The second-order valence-electron chi connectivity index (χ2n) is 3.70. The Morgan fingerprint density at radius 1 is 1.33 bits per heavy atom. The van der Waals surface area contributed by atoms with Crippen LogP contribution in [-0.2, 0) is 0 Å². The minimum Gasteiger partial charge on any atom is -0.394 e. The molecule has 8 heteroatoms. The van der Waals surface area contributed by atoms with Crippen molar-refractivity contribution >= 4 is 23.3 Å². The zero-order chi connectivity index (χ0) is 13.6. The molecule has 5 N–H and O–H groups in total. The molecule has 0 saturated carbocycles. The summed E-state index contributed by atoms with van der Waals surface area (Å²) >= 11 is 5.64. The number of hydrogen-bond acceptors (Lipinski definition) is 5. The third-order valence-corrected chi connectivity index (χ3v) is 2.48. The van der Waals surface area contributed by atoms with E-state index in [1.54, 1.807) is 0 Å². The van der Waals surface area contributed by atoms with Crippen molar-refractivity contribution in [2.24, 2.45) is 0 Å². The van der Waals surface area contributed by atoms with Gasteiger partial charge in [0.15, 0.2) is 0 Å². The number of hydrogen-bond donors (Lipinski definition) is 5. The van der Waals surface area contributed by atoms with Gasteiger partial charge in [0.2, 0.25) is 0 Å². The highest BCUT2D eigenvalue weighted by molar-refractivity contribution is 6.29. The monoisotopic (exact) mass is 275 g/mol. The molecule has 18 heavy (non-hydrogen) atoms. The van der Waals surface area contributed by atoms with E-state index in [-0.39, 0.29) is 5.15 Å². The Bertz CT molecular complexity index is 404. The van der Waals surface area contributed by atoms with Gasteiger partial charge in [-0.1, -0.05) is 11.6 Å². The molecule has 0 aliphatic rings. The first-order valence-electron chi connectivity index (χ1n) is 5.08. The highest BCUT2D eigenvalue weighted by Crippen LogP contribution is 2.12. The minimum atomic E-state index is -1.47. The molecule has 0 radical (unpaired) electrons. The first-order chi connectivity index (χ1) is 8.55. The van der Waals surface area contributed by atoms with E-state index < -0.39 is 31.4 Å². The summed E-state index contributed by atoms with van der Waals surface area (Å²) in [6, 6.07) is 2.26. The molecule has 7 nitrogen and oxygen atoms in total. The average molecular weight is 276 g/mol. The number of amides is 2. The van der Waals surface area contributed by atoms with Crippen molar-refractivity contribution in [2.45, 2.75) is 5.54 Å². The Morgan fingerprint density at radius 2 is 1.94 bits per heavy atom. The van der Waals surface area contributed by atoms with Gasteiger partial charge in [-0.25, -0.2) is 9.78 Å². The lowest BCUT2D eigenvalue weighted by molar-refractivity contribution is 0.0507. The number of aromatic nitrogens is 1. The smallest absolute Gasteiger partial charge is 0.319 e. The van der Waals surface area contributed by atoms with Crippen molar-refractivity contribution in [1.82, 2.24) is 10.3 Å². The van der Waals surface area contributed by atoms with E-state index in [0.717, 1.165) is 0 Å². The summed E-state index contributed by atoms with van der Waals surface area (Å²) in [7, 11) is 0. The van der Waals surface area contributed by atoms with Crippen LogP contribution in [0.2, 0.25) is 5.15 Å². The molecule has 100 valence electrons. The highest BCUT2D eigenvalue weighted by atomic mass is 35.5. The van der Waals surface area contributed by atoms with Crippen molar-refractivity contribution in [1.29, 1.82) is 0 Å². The van der Waals surface area contributed by atoms with Gasteiger partial charge in [0.05, 0.1) is 19.8 Å². The van der Waals surface area contributed by atoms with Gasteiger partial charge in [0.25, 0.3) is 0 Å². The number of halogens is 1. The number of rotatable bonds is 5. The first-order valence-corrected chi connectivity index (χ1v) is 5.46. The molecule has 0 fully saturated rings. The predicted octanol–water partition coefficient (Wildman–Crippen LogP) is -0.428. The van der Waals surface area contributed by atoms with E-state index in [1.165, 1.54) is 18.3 Å². The number of aliphatic hydroxyl groups excluding tert-OH is 3. The molecular weight excluding hydrogens is 262 g/mol. The van der Waals surface area contributed by atoms with Crippen LogP contribution in [0.25, 0.3) is 0 Å². The van der Waals surface area contributed by atoms with Gasteiger partial charge in [0, 0.05) is 11.9 Å². The Labute approximate surface area is 108 Å². The lowest BCUT2D eigenvalue weighted by atomic mass is 10.0. The van der Waals surface area contributed by atoms with Crippen LogP contribution >= 0.6 is 11.6 Å². The average Bonchev–Trinajstić information content (AvgIpc) is 2.36. The number of pyridine rings is 1. The van der Waals surface area contributed by atoms with Crippen molar-refractivity contribution in [2.75, 3.05) is 25.1 Å². The van der Waals surface area contributed by atoms with E-state index in [1.807, 2.05) is 0 Å². The molecule has 1 aromatic rings. The van der Waals surface area contributed by atoms with E-state index >= 15 is 0 Å². The Hall–Kier alpha value is -1.41. The molecule has 0 aliphatic heterocycles. The summed E-state index contributed by atoms with van der Waals surface area (Å²) in [5.41, 5.74) is -1.07. The molecule has 0 spiro atoms. The van der Waals surface area contributed by atoms with Crippen LogP contribution in [-0.4, -0.2) is 51.7 Å².